The zero-order valence-electron chi connectivity index (χ0n) is 12.3. The number of fused-ring (bicyclic) bond motifs is 2. The van der Waals surface area contributed by atoms with Gasteiger partial charge in [-0.3, -0.25) is 14.4 Å². The number of aryl methyl sites for hydroxylation is 1. The van der Waals surface area contributed by atoms with Crippen LogP contribution < -0.4 is 10.6 Å². The maximum atomic E-state index is 13.4. The third-order valence-electron chi connectivity index (χ3n) is 4.30. The van der Waals surface area contributed by atoms with Crippen LogP contribution in [0.4, 0.5) is 13.2 Å². The molecule has 1 aliphatic carbocycles. The lowest BCUT2D eigenvalue weighted by atomic mass is 10.1. The molecule has 1 aromatic carbocycles. The number of nitrogens with zero attached hydrogens (tertiary/aromatic N) is 3. The standard InChI is InChI=1S/C15H10F3N3O3/c1-6-2-3-10-9(4-6)13(24)21(14(19-10)15(16,17)18)20-11(22)7-5-8(7)12(20)23/h2-4,7-8H,5H2,1H3/t7-,8-/m1/s1. The first kappa shape index (κ1) is 14.9. The fraction of sp³-hybridized carbons (Fsp3) is 0.333. The zero-order valence-corrected chi connectivity index (χ0v) is 12.3. The molecule has 2 fully saturated rings. The third kappa shape index (κ3) is 1.90. The van der Waals surface area contributed by atoms with Crippen molar-refractivity contribution in [3.05, 3.63) is 39.9 Å². The van der Waals surface area contributed by atoms with E-state index in [1.807, 2.05) is 0 Å². The average Bonchev–Trinajstić information content (AvgIpc) is 3.24. The Balaban J connectivity index is 2.06. The maximum Gasteiger partial charge on any atom is 0.451 e. The van der Waals surface area contributed by atoms with E-state index < -0.39 is 41.2 Å². The summed E-state index contributed by atoms with van der Waals surface area (Å²) in [5, 5.41) is 0.225. The molecule has 24 heavy (non-hydrogen) atoms. The zero-order chi connectivity index (χ0) is 17.4. The van der Waals surface area contributed by atoms with Crippen molar-refractivity contribution in [2.45, 2.75) is 19.5 Å². The minimum atomic E-state index is -4.99. The fourth-order valence-corrected chi connectivity index (χ4v) is 3.02. The number of carbonyl (C=O) groups excluding carboxylic acids is 2. The van der Waals surface area contributed by atoms with Crippen molar-refractivity contribution in [2.75, 3.05) is 5.01 Å². The van der Waals surface area contributed by atoms with Gasteiger partial charge in [-0.05, 0) is 25.5 Å². The molecule has 1 aliphatic heterocycles. The van der Waals surface area contributed by atoms with E-state index in [-0.39, 0.29) is 15.6 Å². The molecule has 4 rings (SSSR count). The Kier molecular flexibility index (Phi) is 2.74. The quantitative estimate of drug-likeness (QED) is 0.737. The topological polar surface area (TPSA) is 72.3 Å². The van der Waals surface area contributed by atoms with E-state index in [2.05, 4.69) is 4.98 Å². The highest BCUT2D eigenvalue weighted by molar-refractivity contribution is 6.19. The van der Waals surface area contributed by atoms with Crippen molar-refractivity contribution >= 4 is 22.7 Å². The number of hydrogen-bond acceptors (Lipinski definition) is 4. The summed E-state index contributed by atoms with van der Waals surface area (Å²) >= 11 is 0. The molecular formula is C15H10F3N3O3. The van der Waals surface area contributed by atoms with Crippen LogP contribution in [0.3, 0.4) is 0 Å². The summed E-state index contributed by atoms with van der Waals surface area (Å²) in [4.78, 5) is 40.4. The Bertz CT molecular complexity index is 960. The van der Waals surface area contributed by atoms with Gasteiger partial charge in [-0.15, -0.1) is 0 Å². The molecular weight excluding hydrogens is 327 g/mol. The van der Waals surface area contributed by atoms with Crippen molar-refractivity contribution in [1.29, 1.82) is 0 Å². The summed E-state index contributed by atoms with van der Waals surface area (Å²) in [6.07, 6.45) is -4.67. The van der Waals surface area contributed by atoms with E-state index in [4.69, 9.17) is 0 Å². The lowest BCUT2D eigenvalue weighted by molar-refractivity contribution is -0.149. The van der Waals surface area contributed by atoms with Crippen LogP contribution >= 0.6 is 0 Å². The maximum absolute atomic E-state index is 13.4. The molecule has 1 aromatic heterocycles. The number of piperidine rings is 1. The van der Waals surface area contributed by atoms with Crippen molar-refractivity contribution in [3.63, 3.8) is 0 Å². The molecule has 124 valence electrons. The second kappa shape index (κ2) is 4.43. The minimum Gasteiger partial charge on any atom is -0.272 e. The summed E-state index contributed by atoms with van der Waals surface area (Å²) in [6.45, 7) is 1.67. The molecule has 6 nitrogen and oxygen atoms in total. The smallest absolute Gasteiger partial charge is 0.272 e. The number of amides is 2. The van der Waals surface area contributed by atoms with Crippen molar-refractivity contribution in [2.24, 2.45) is 11.8 Å². The van der Waals surface area contributed by atoms with Crippen molar-refractivity contribution < 1.29 is 22.8 Å². The Morgan fingerprint density at radius 2 is 1.75 bits per heavy atom. The molecule has 2 aliphatic rings. The predicted molar refractivity (Wildman–Crippen MR) is 75.6 cm³/mol. The van der Waals surface area contributed by atoms with Crippen LogP contribution in [0.2, 0.25) is 0 Å². The lowest BCUT2D eigenvalue weighted by Gasteiger charge is -2.23. The summed E-state index contributed by atoms with van der Waals surface area (Å²) in [5.41, 5.74) is -0.577. The van der Waals surface area contributed by atoms with Crippen molar-refractivity contribution in [1.82, 2.24) is 9.66 Å². The first-order valence-electron chi connectivity index (χ1n) is 7.19. The average molecular weight is 337 g/mol. The Labute approximate surface area is 132 Å². The van der Waals surface area contributed by atoms with Crippen LogP contribution in [0.25, 0.3) is 10.9 Å². The number of rotatable bonds is 1. The second-order valence-corrected chi connectivity index (χ2v) is 6.01. The highest BCUT2D eigenvalue weighted by Gasteiger charge is 2.61. The number of carbonyl (C=O) groups is 2. The SMILES string of the molecule is Cc1ccc2nc(C(F)(F)F)n(N3C(=O)[C@@H]4C[C@H]4C3=O)c(=O)c2c1. The molecule has 1 saturated heterocycles. The van der Waals surface area contributed by atoms with E-state index in [0.29, 0.717) is 17.0 Å². The van der Waals surface area contributed by atoms with Gasteiger partial charge in [0.1, 0.15) is 0 Å². The molecule has 0 N–H and O–H groups in total. The summed E-state index contributed by atoms with van der Waals surface area (Å²) < 4.78 is 40.2. The van der Waals surface area contributed by atoms with Gasteiger partial charge in [0, 0.05) is 0 Å². The monoisotopic (exact) mass is 337 g/mol. The van der Waals surface area contributed by atoms with E-state index in [1.165, 1.54) is 18.2 Å². The number of benzene rings is 1. The summed E-state index contributed by atoms with van der Waals surface area (Å²) in [5.74, 6) is -4.40. The summed E-state index contributed by atoms with van der Waals surface area (Å²) in [6, 6.07) is 4.21. The predicted octanol–water partition coefficient (Wildman–Crippen LogP) is 1.36. The Hall–Kier alpha value is -2.71. The fourth-order valence-electron chi connectivity index (χ4n) is 3.02. The van der Waals surface area contributed by atoms with E-state index in [9.17, 15) is 27.6 Å². The lowest BCUT2D eigenvalue weighted by Crippen LogP contribution is -2.51. The minimum absolute atomic E-state index is 0.0795. The molecule has 2 heterocycles. The Morgan fingerprint density at radius 3 is 2.33 bits per heavy atom. The van der Waals surface area contributed by atoms with Crippen LogP contribution in [0.15, 0.2) is 23.0 Å². The molecule has 0 bridgehead atoms. The summed E-state index contributed by atoms with van der Waals surface area (Å²) in [7, 11) is 0. The second-order valence-electron chi connectivity index (χ2n) is 6.01. The van der Waals surface area contributed by atoms with Crippen LogP contribution in [0, 0.1) is 18.8 Å². The third-order valence-corrected chi connectivity index (χ3v) is 4.30. The van der Waals surface area contributed by atoms with Gasteiger partial charge in [0.15, 0.2) is 0 Å². The molecule has 9 heteroatoms. The molecule has 1 saturated carbocycles. The van der Waals surface area contributed by atoms with Gasteiger partial charge < -0.3 is 0 Å². The molecule has 2 aromatic rings. The molecule has 0 radical (unpaired) electrons. The van der Waals surface area contributed by atoms with Gasteiger partial charge in [-0.2, -0.15) is 22.9 Å². The van der Waals surface area contributed by atoms with Crippen LogP contribution in [-0.4, -0.2) is 21.5 Å². The van der Waals surface area contributed by atoms with Gasteiger partial charge in [0.05, 0.1) is 22.7 Å². The van der Waals surface area contributed by atoms with Crippen LogP contribution in [-0.2, 0) is 15.8 Å². The van der Waals surface area contributed by atoms with Gasteiger partial charge >= 0.3 is 6.18 Å². The van der Waals surface area contributed by atoms with Gasteiger partial charge in [-0.25, -0.2) is 4.98 Å². The van der Waals surface area contributed by atoms with Gasteiger partial charge in [0.2, 0.25) is 5.82 Å². The van der Waals surface area contributed by atoms with Crippen LogP contribution in [0.5, 0.6) is 0 Å². The van der Waals surface area contributed by atoms with E-state index in [1.54, 1.807) is 6.92 Å². The molecule has 0 spiro atoms. The number of imide groups is 1. The molecule has 2 amide bonds. The normalized spacial score (nSPS) is 23.1. The van der Waals surface area contributed by atoms with Gasteiger partial charge in [-0.1, -0.05) is 11.6 Å². The number of aromatic nitrogens is 2. The number of halogens is 3. The highest BCUT2D eigenvalue weighted by Crippen LogP contribution is 2.46. The van der Waals surface area contributed by atoms with Crippen LogP contribution in [0.1, 0.15) is 17.8 Å². The molecule has 0 unspecified atom stereocenters. The Morgan fingerprint density at radius 1 is 1.12 bits per heavy atom. The first-order valence-corrected chi connectivity index (χ1v) is 7.19. The largest absolute Gasteiger partial charge is 0.451 e. The van der Waals surface area contributed by atoms with E-state index >= 15 is 0 Å². The number of hydrogen-bond donors (Lipinski definition) is 0. The molecule has 2 atom stereocenters. The number of alkyl halides is 3. The highest BCUT2D eigenvalue weighted by atomic mass is 19.4. The van der Waals surface area contributed by atoms with Crippen molar-refractivity contribution in [3.8, 4) is 0 Å². The van der Waals surface area contributed by atoms with Gasteiger partial charge in [0.25, 0.3) is 17.4 Å². The van der Waals surface area contributed by atoms with E-state index in [0.717, 1.165) is 0 Å². The first-order chi connectivity index (χ1) is 11.2.